The van der Waals surface area contributed by atoms with Crippen LogP contribution in [0.15, 0.2) is 24.3 Å². The van der Waals surface area contributed by atoms with Crippen molar-refractivity contribution in [1.29, 1.82) is 0 Å². The van der Waals surface area contributed by atoms with Gasteiger partial charge >= 0.3 is 6.09 Å². The lowest BCUT2D eigenvalue weighted by atomic mass is 10.1. The van der Waals surface area contributed by atoms with Crippen LogP contribution < -0.4 is 5.32 Å². The van der Waals surface area contributed by atoms with Crippen LogP contribution in [0.4, 0.5) is 4.79 Å². The predicted octanol–water partition coefficient (Wildman–Crippen LogP) is 1.14. The first-order valence-electron chi connectivity index (χ1n) is 3.12. The summed E-state index contributed by atoms with van der Waals surface area (Å²) in [4.78, 5) is 10.1. The van der Waals surface area contributed by atoms with E-state index in [2.05, 4.69) is 5.32 Å². The second-order valence-corrected chi connectivity index (χ2v) is 2.10. The minimum absolute atomic E-state index is 0.0394. The van der Waals surface area contributed by atoms with E-state index < -0.39 is 6.09 Å². The Labute approximate surface area is 59.0 Å². The molecule has 0 bridgehead atoms. The summed E-state index contributed by atoms with van der Waals surface area (Å²) in [5, 5.41) is 10.7. The number of hydrogen-bond acceptors (Lipinski definition) is 1. The fourth-order valence-corrected chi connectivity index (χ4v) is 0.846. The Bertz CT molecular complexity index is 184. The molecule has 0 saturated carbocycles. The molecule has 1 atom stereocenters. The van der Waals surface area contributed by atoms with Crippen molar-refractivity contribution in [3.05, 3.63) is 24.3 Å². The van der Waals surface area contributed by atoms with Gasteiger partial charge in [0.2, 0.25) is 0 Å². The molecule has 54 valence electrons. The van der Waals surface area contributed by atoms with Gasteiger partial charge in [0.15, 0.2) is 0 Å². The Morgan fingerprint density at radius 2 is 2.40 bits per heavy atom. The molecular formula is C7H9NO2. The van der Waals surface area contributed by atoms with Crippen molar-refractivity contribution < 1.29 is 9.90 Å². The molecule has 3 nitrogen and oxygen atoms in total. The van der Waals surface area contributed by atoms with E-state index in [0.29, 0.717) is 0 Å². The number of allylic oxidation sites excluding steroid dienone is 2. The van der Waals surface area contributed by atoms with Crippen LogP contribution in [-0.2, 0) is 0 Å². The van der Waals surface area contributed by atoms with Gasteiger partial charge in [-0.15, -0.1) is 0 Å². The molecule has 0 aromatic rings. The summed E-state index contributed by atoms with van der Waals surface area (Å²) < 4.78 is 0. The molecule has 10 heavy (non-hydrogen) atoms. The quantitative estimate of drug-likeness (QED) is 0.572. The van der Waals surface area contributed by atoms with Gasteiger partial charge in [-0.25, -0.2) is 4.79 Å². The van der Waals surface area contributed by atoms with Gasteiger partial charge in [-0.3, -0.25) is 0 Å². The van der Waals surface area contributed by atoms with Gasteiger partial charge in [-0.2, -0.15) is 0 Å². The molecule has 1 aliphatic carbocycles. The first-order valence-corrected chi connectivity index (χ1v) is 3.12. The molecule has 0 radical (unpaired) electrons. The van der Waals surface area contributed by atoms with Crippen molar-refractivity contribution in [2.24, 2.45) is 0 Å². The van der Waals surface area contributed by atoms with Crippen LogP contribution in [0.1, 0.15) is 6.42 Å². The van der Waals surface area contributed by atoms with Gasteiger partial charge in [0, 0.05) is 0 Å². The van der Waals surface area contributed by atoms with Crippen LogP contribution in [0, 0.1) is 0 Å². The Hall–Kier alpha value is -1.25. The largest absolute Gasteiger partial charge is 0.465 e. The lowest BCUT2D eigenvalue weighted by Crippen LogP contribution is -2.31. The zero-order valence-electron chi connectivity index (χ0n) is 5.45. The van der Waals surface area contributed by atoms with Crippen molar-refractivity contribution in [3.8, 4) is 0 Å². The van der Waals surface area contributed by atoms with Crippen LogP contribution in [-0.4, -0.2) is 17.2 Å². The Morgan fingerprint density at radius 1 is 1.60 bits per heavy atom. The van der Waals surface area contributed by atoms with Gasteiger partial charge in [-0.05, 0) is 6.42 Å². The van der Waals surface area contributed by atoms with Crippen molar-refractivity contribution in [3.63, 3.8) is 0 Å². The molecule has 0 spiro atoms. The Morgan fingerprint density at radius 3 is 2.90 bits per heavy atom. The zero-order chi connectivity index (χ0) is 7.40. The van der Waals surface area contributed by atoms with Gasteiger partial charge < -0.3 is 10.4 Å². The number of carbonyl (C=O) groups is 1. The highest BCUT2D eigenvalue weighted by Crippen LogP contribution is 2.01. The normalized spacial score (nSPS) is 22.6. The Balaban J connectivity index is 2.37. The van der Waals surface area contributed by atoms with E-state index in [0.717, 1.165) is 6.42 Å². The van der Waals surface area contributed by atoms with Crippen LogP contribution in [0.3, 0.4) is 0 Å². The summed E-state index contributed by atoms with van der Waals surface area (Å²) in [6.45, 7) is 0. The minimum Gasteiger partial charge on any atom is -0.465 e. The number of nitrogens with one attached hydrogen (secondary N) is 1. The van der Waals surface area contributed by atoms with Crippen LogP contribution in [0.5, 0.6) is 0 Å². The van der Waals surface area contributed by atoms with E-state index in [-0.39, 0.29) is 6.04 Å². The van der Waals surface area contributed by atoms with Crippen LogP contribution in [0.2, 0.25) is 0 Å². The van der Waals surface area contributed by atoms with E-state index in [1.54, 1.807) is 0 Å². The van der Waals surface area contributed by atoms with Crippen molar-refractivity contribution in [1.82, 2.24) is 5.32 Å². The molecular weight excluding hydrogens is 130 g/mol. The fraction of sp³-hybridized carbons (Fsp3) is 0.286. The van der Waals surface area contributed by atoms with E-state index in [9.17, 15) is 4.79 Å². The highest BCUT2D eigenvalue weighted by atomic mass is 16.4. The third kappa shape index (κ3) is 1.93. The second kappa shape index (κ2) is 3.06. The zero-order valence-corrected chi connectivity index (χ0v) is 5.45. The Kier molecular flexibility index (Phi) is 2.10. The third-order valence-electron chi connectivity index (χ3n) is 1.29. The van der Waals surface area contributed by atoms with Crippen molar-refractivity contribution in [2.45, 2.75) is 12.5 Å². The van der Waals surface area contributed by atoms with Crippen LogP contribution >= 0.6 is 0 Å². The van der Waals surface area contributed by atoms with Gasteiger partial charge in [0.05, 0.1) is 6.04 Å². The van der Waals surface area contributed by atoms with E-state index >= 15 is 0 Å². The maximum Gasteiger partial charge on any atom is 0.405 e. The van der Waals surface area contributed by atoms with Crippen molar-refractivity contribution in [2.75, 3.05) is 0 Å². The maximum atomic E-state index is 10.1. The van der Waals surface area contributed by atoms with Gasteiger partial charge in [0.25, 0.3) is 0 Å². The highest BCUT2D eigenvalue weighted by Gasteiger charge is 2.06. The molecule has 0 fully saturated rings. The molecule has 0 aromatic carbocycles. The highest BCUT2D eigenvalue weighted by molar-refractivity contribution is 5.65. The molecule has 1 rings (SSSR count). The standard InChI is InChI=1S/C7H9NO2/c9-7(10)8-6-4-2-1-3-5-6/h1-4,6,8H,5H2,(H,9,10). The predicted molar refractivity (Wildman–Crippen MR) is 37.8 cm³/mol. The van der Waals surface area contributed by atoms with Crippen LogP contribution in [0.25, 0.3) is 0 Å². The number of rotatable bonds is 1. The molecule has 1 amide bonds. The molecule has 0 aliphatic heterocycles. The number of hydrogen-bond donors (Lipinski definition) is 2. The van der Waals surface area contributed by atoms with Gasteiger partial charge in [0.1, 0.15) is 0 Å². The molecule has 1 aliphatic rings. The smallest absolute Gasteiger partial charge is 0.405 e. The van der Waals surface area contributed by atoms with E-state index in [4.69, 9.17) is 5.11 Å². The average molecular weight is 139 g/mol. The first-order chi connectivity index (χ1) is 4.79. The minimum atomic E-state index is -0.968. The number of carboxylic acid groups (broad SMARTS) is 1. The van der Waals surface area contributed by atoms with Crippen molar-refractivity contribution >= 4 is 6.09 Å². The van der Waals surface area contributed by atoms with Gasteiger partial charge in [-0.1, -0.05) is 24.3 Å². The van der Waals surface area contributed by atoms with E-state index in [1.807, 2.05) is 24.3 Å². The topological polar surface area (TPSA) is 49.3 Å². The average Bonchev–Trinajstić information content (AvgIpc) is 1.88. The fourth-order valence-electron chi connectivity index (χ4n) is 0.846. The summed E-state index contributed by atoms with van der Waals surface area (Å²) in [5.74, 6) is 0. The number of amides is 1. The molecule has 0 heterocycles. The molecule has 3 heteroatoms. The molecule has 1 unspecified atom stereocenters. The summed E-state index contributed by atoms with van der Waals surface area (Å²) >= 11 is 0. The first kappa shape index (κ1) is 6.86. The summed E-state index contributed by atoms with van der Waals surface area (Å²) in [6.07, 6.45) is 7.28. The second-order valence-electron chi connectivity index (χ2n) is 2.10. The SMILES string of the molecule is O=C(O)NC1C=CC=CC1. The molecule has 2 N–H and O–H groups in total. The lowest BCUT2D eigenvalue weighted by Gasteiger charge is -2.11. The monoisotopic (exact) mass is 139 g/mol. The summed E-state index contributed by atoms with van der Waals surface area (Å²) in [5.41, 5.74) is 0. The third-order valence-corrected chi connectivity index (χ3v) is 1.29. The lowest BCUT2D eigenvalue weighted by molar-refractivity contribution is 0.192. The summed E-state index contributed by atoms with van der Waals surface area (Å²) in [6, 6.07) is -0.0394. The molecule has 0 saturated heterocycles. The summed E-state index contributed by atoms with van der Waals surface area (Å²) in [7, 11) is 0. The maximum absolute atomic E-state index is 10.1. The molecule has 0 aromatic heterocycles. The van der Waals surface area contributed by atoms with E-state index in [1.165, 1.54) is 0 Å².